The number of piperazine rings is 1. The van der Waals surface area contributed by atoms with E-state index in [1.54, 1.807) is 6.20 Å². The van der Waals surface area contributed by atoms with Gasteiger partial charge in [0.15, 0.2) is 0 Å². The van der Waals surface area contributed by atoms with Crippen molar-refractivity contribution in [1.29, 1.82) is 5.26 Å². The average Bonchev–Trinajstić information content (AvgIpc) is 3.05. The van der Waals surface area contributed by atoms with Crippen molar-refractivity contribution < 1.29 is 0 Å². The maximum Gasteiger partial charge on any atom is 0.234 e. The molecule has 1 aliphatic rings. The Hall–Kier alpha value is -2.91. The van der Waals surface area contributed by atoms with Crippen LogP contribution in [0, 0.1) is 30.6 Å². The Morgan fingerprint density at radius 3 is 2.42 bits per heavy atom. The Morgan fingerprint density at radius 2 is 1.77 bits per heavy atom. The lowest BCUT2D eigenvalue weighted by atomic mass is 9.97. The van der Waals surface area contributed by atoms with E-state index in [-0.39, 0.29) is 11.2 Å². The van der Waals surface area contributed by atoms with E-state index in [4.69, 9.17) is 0 Å². The highest BCUT2D eigenvalue weighted by Gasteiger charge is 2.22. The van der Waals surface area contributed by atoms with Crippen molar-refractivity contribution in [2.45, 2.75) is 47.7 Å². The van der Waals surface area contributed by atoms with Crippen LogP contribution in [0.5, 0.6) is 0 Å². The highest BCUT2D eigenvalue weighted by molar-refractivity contribution is 5.77. The first-order valence-corrected chi connectivity index (χ1v) is 11.0. The van der Waals surface area contributed by atoms with Gasteiger partial charge in [0.2, 0.25) is 5.82 Å². The molecule has 0 bridgehead atoms. The second-order valence-corrected chi connectivity index (χ2v) is 9.90. The van der Waals surface area contributed by atoms with Gasteiger partial charge in [-0.3, -0.25) is 4.90 Å². The van der Waals surface area contributed by atoms with Crippen molar-refractivity contribution in [3.8, 4) is 6.07 Å². The summed E-state index contributed by atoms with van der Waals surface area (Å²) in [4.78, 5) is 13.7. The van der Waals surface area contributed by atoms with Crippen LogP contribution in [-0.4, -0.2) is 45.6 Å². The third-order valence-corrected chi connectivity index (χ3v) is 6.07. The molecule has 3 heterocycles. The fourth-order valence-corrected chi connectivity index (χ4v) is 4.24. The normalized spacial score (nSPS) is 15.4. The molecule has 31 heavy (non-hydrogen) atoms. The minimum absolute atomic E-state index is 0.112. The van der Waals surface area contributed by atoms with Gasteiger partial charge in [0, 0.05) is 62.2 Å². The Balaban J connectivity index is 1.53. The van der Waals surface area contributed by atoms with Crippen molar-refractivity contribution >= 4 is 16.7 Å². The number of hydrogen-bond acceptors (Lipinski definition) is 5. The van der Waals surface area contributed by atoms with E-state index in [0.29, 0.717) is 0 Å². The molecule has 0 radical (unpaired) electrons. The molecule has 0 unspecified atom stereocenters. The van der Waals surface area contributed by atoms with Gasteiger partial charge in [-0.25, -0.2) is 9.97 Å². The summed E-state index contributed by atoms with van der Waals surface area (Å²) < 4.78 is 2.29. The lowest BCUT2D eigenvalue weighted by Crippen LogP contribution is -2.46. The summed E-state index contributed by atoms with van der Waals surface area (Å²) in [6.45, 7) is 16.9. The van der Waals surface area contributed by atoms with Gasteiger partial charge in [-0.2, -0.15) is 5.26 Å². The highest BCUT2D eigenvalue weighted by Crippen LogP contribution is 2.26. The van der Waals surface area contributed by atoms with Crippen LogP contribution < -0.4 is 4.90 Å². The van der Waals surface area contributed by atoms with E-state index in [1.165, 1.54) is 22.5 Å². The summed E-state index contributed by atoms with van der Waals surface area (Å²) in [5.41, 5.74) is 6.24. The topological polar surface area (TPSA) is 61.0 Å². The molecule has 0 N–H and O–H groups in total. The minimum Gasteiger partial charge on any atom is -0.369 e. The molecule has 6 nitrogen and oxygen atoms in total. The fourth-order valence-electron chi connectivity index (χ4n) is 4.24. The molecule has 3 aromatic rings. The molecule has 6 heteroatoms. The molecule has 0 spiro atoms. The molecule has 1 aliphatic heterocycles. The quantitative estimate of drug-likeness (QED) is 0.635. The molecule has 0 atom stereocenters. The first kappa shape index (κ1) is 21.3. The number of anilines is 1. The van der Waals surface area contributed by atoms with Gasteiger partial charge in [-0.1, -0.05) is 26.8 Å². The number of aromatic nitrogens is 3. The van der Waals surface area contributed by atoms with Crippen LogP contribution in [0.15, 0.2) is 30.5 Å². The number of hydrogen-bond donors (Lipinski definition) is 0. The number of aryl methyl sites for hydroxylation is 2. The molecule has 1 fully saturated rings. The predicted molar refractivity (Wildman–Crippen MR) is 125 cm³/mol. The maximum atomic E-state index is 9.24. The van der Waals surface area contributed by atoms with E-state index in [2.05, 4.69) is 89.3 Å². The molecule has 4 rings (SSSR count). The second kappa shape index (κ2) is 8.32. The standard InChI is InChI=1S/C25H32N6/c1-18-6-7-21(12-19(18)2)30-10-8-29(9-11-30)16-22-13-20-15-27-23(14-26)28-24(20)31(22)17-25(3,4)5/h6-7,12-13,15H,8-11,16-17H2,1-5H3. The Labute approximate surface area is 185 Å². The third-order valence-electron chi connectivity index (χ3n) is 6.07. The monoisotopic (exact) mass is 416 g/mol. The summed E-state index contributed by atoms with van der Waals surface area (Å²) in [5.74, 6) is 0.231. The van der Waals surface area contributed by atoms with Crippen LogP contribution in [-0.2, 0) is 13.1 Å². The Kier molecular flexibility index (Phi) is 5.72. The summed E-state index contributed by atoms with van der Waals surface area (Å²) in [7, 11) is 0. The van der Waals surface area contributed by atoms with E-state index in [9.17, 15) is 5.26 Å². The zero-order chi connectivity index (χ0) is 22.2. The fraction of sp³-hybridized carbons (Fsp3) is 0.480. The van der Waals surface area contributed by atoms with E-state index < -0.39 is 0 Å². The number of nitriles is 1. The van der Waals surface area contributed by atoms with Gasteiger partial charge in [-0.15, -0.1) is 0 Å². The molecule has 0 saturated carbocycles. The van der Waals surface area contributed by atoms with Gasteiger partial charge >= 0.3 is 0 Å². The molecule has 1 aromatic carbocycles. The number of benzene rings is 1. The van der Waals surface area contributed by atoms with Crippen molar-refractivity contribution in [1.82, 2.24) is 19.4 Å². The third kappa shape index (κ3) is 4.72. The molecule has 0 amide bonds. The van der Waals surface area contributed by atoms with Crippen LogP contribution in [0.25, 0.3) is 11.0 Å². The molecular weight excluding hydrogens is 384 g/mol. The summed E-state index contributed by atoms with van der Waals surface area (Å²) in [6, 6.07) is 11.0. The van der Waals surface area contributed by atoms with Crippen molar-refractivity contribution in [3.05, 3.63) is 53.1 Å². The zero-order valence-electron chi connectivity index (χ0n) is 19.3. The van der Waals surface area contributed by atoms with Crippen molar-refractivity contribution in [3.63, 3.8) is 0 Å². The van der Waals surface area contributed by atoms with E-state index in [1.807, 2.05) is 0 Å². The van der Waals surface area contributed by atoms with Crippen LogP contribution >= 0.6 is 0 Å². The largest absolute Gasteiger partial charge is 0.369 e. The van der Waals surface area contributed by atoms with Gasteiger partial charge in [0.05, 0.1) is 0 Å². The van der Waals surface area contributed by atoms with Gasteiger partial charge in [-0.05, 0) is 48.6 Å². The minimum atomic E-state index is 0.112. The zero-order valence-corrected chi connectivity index (χ0v) is 19.3. The molecule has 0 aliphatic carbocycles. The summed E-state index contributed by atoms with van der Waals surface area (Å²) in [5, 5.41) is 10.2. The van der Waals surface area contributed by atoms with Crippen molar-refractivity contribution in [2.75, 3.05) is 31.1 Å². The summed E-state index contributed by atoms with van der Waals surface area (Å²) >= 11 is 0. The number of nitrogens with zero attached hydrogens (tertiary/aromatic N) is 6. The van der Waals surface area contributed by atoms with Crippen LogP contribution in [0.3, 0.4) is 0 Å². The maximum absolute atomic E-state index is 9.24. The molecule has 1 saturated heterocycles. The van der Waals surface area contributed by atoms with E-state index in [0.717, 1.165) is 50.3 Å². The number of fused-ring (bicyclic) bond motifs is 1. The molecule has 162 valence electrons. The molecule has 2 aromatic heterocycles. The van der Waals surface area contributed by atoms with Gasteiger partial charge in [0.25, 0.3) is 0 Å². The van der Waals surface area contributed by atoms with Crippen LogP contribution in [0.4, 0.5) is 5.69 Å². The lowest BCUT2D eigenvalue weighted by molar-refractivity contribution is 0.239. The first-order chi connectivity index (χ1) is 14.7. The van der Waals surface area contributed by atoms with Crippen LogP contribution in [0.1, 0.15) is 43.4 Å². The van der Waals surface area contributed by atoms with Crippen molar-refractivity contribution in [2.24, 2.45) is 5.41 Å². The average molecular weight is 417 g/mol. The Morgan fingerprint density at radius 1 is 1.03 bits per heavy atom. The lowest BCUT2D eigenvalue weighted by Gasteiger charge is -2.36. The smallest absolute Gasteiger partial charge is 0.234 e. The Bertz CT molecular complexity index is 1120. The van der Waals surface area contributed by atoms with Gasteiger partial charge in [0.1, 0.15) is 11.7 Å². The first-order valence-electron chi connectivity index (χ1n) is 11.0. The molecular formula is C25H32N6. The highest BCUT2D eigenvalue weighted by atomic mass is 15.3. The SMILES string of the molecule is Cc1ccc(N2CCN(Cc3cc4cnc(C#N)nc4n3CC(C)(C)C)CC2)cc1C. The summed E-state index contributed by atoms with van der Waals surface area (Å²) in [6.07, 6.45) is 1.78. The predicted octanol–water partition coefficient (Wildman–Crippen LogP) is 4.29. The van der Waals surface area contributed by atoms with E-state index >= 15 is 0 Å². The van der Waals surface area contributed by atoms with Gasteiger partial charge < -0.3 is 9.47 Å². The van der Waals surface area contributed by atoms with Crippen LogP contribution in [0.2, 0.25) is 0 Å². The second-order valence-electron chi connectivity index (χ2n) is 9.90. The number of rotatable bonds is 4.